The first-order chi connectivity index (χ1) is 14.6. The third kappa shape index (κ3) is 4.74. The standard InChI is InChI=1S/C20H24N2O7S2/c21-12-9-15-1-3-16(4-2-15)29-17-5-7-18(8-6-17)31(27,28)20(19(23)22-24)10-13-30(25,26)14-11-20/h1-8,24H,9-14,21H2,(H,22,23). The van der Waals surface area contributed by atoms with Gasteiger partial charge in [0.15, 0.2) is 14.6 Å². The van der Waals surface area contributed by atoms with E-state index < -0.39 is 54.7 Å². The molecule has 1 amide bonds. The zero-order valence-electron chi connectivity index (χ0n) is 16.7. The van der Waals surface area contributed by atoms with E-state index in [4.69, 9.17) is 15.7 Å². The summed E-state index contributed by atoms with van der Waals surface area (Å²) in [5.74, 6) is -1.11. The number of nitrogens with two attached hydrogens (primary N) is 1. The molecule has 0 radical (unpaired) electrons. The van der Waals surface area contributed by atoms with Crippen LogP contribution in [0, 0.1) is 0 Å². The van der Waals surface area contributed by atoms with Crippen LogP contribution in [-0.2, 0) is 30.9 Å². The minimum Gasteiger partial charge on any atom is -0.457 e. The molecule has 0 spiro atoms. The monoisotopic (exact) mass is 468 g/mol. The maximum Gasteiger partial charge on any atom is 0.265 e. The summed E-state index contributed by atoms with van der Waals surface area (Å²) < 4.78 is 53.8. The molecule has 1 aliphatic heterocycles. The third-order valence-electron chi connectivity index (χ3n) is 5.39. The van der Waals surface area contributed by atoms with Gasteiger partial charge in [-0.25, -0.2) is 22.3 Å². The summed E-state index contributed by atoms with van der Waals surface area (Å²) >= 11 is 0. The molecule has 0 atom stereocenters. The average molecular weight is 469 g/mol. The van der Waals surface area contributed by atoms with E-state index in [1.54, 1.807) is 12.1 Å². The van der Waals surface area contributed by atoms with Crippen LogP contribution in [0.4, 0.5) is 0 Å². The molecule has 2 aromatic rings. The molecule has 1 heterocycles. The lowest BCUT2D eigenvalue weighted by Gasteiger charge is -2.34. The molecule has 0 bridgehead atoms. The molecular weight excluding hydrogens is 444 g/mol. The topological polar surface area (TPSA) is 153 Å². The highest BCUT2D eigenvalue weighted by Gasteiger charge is 2.54. The number of sulfone groups is 2. The van der Waals surface area contributed by atoms with Crippen molar-refractivity contribution in [2.75, 3.05) is 18.1 Å². The fraction of sp³-hybridized carbons (Fsp3) is 0.350. The van der Waals surface area contributed by atoms with Gasteiger partial charge in [0.05, 0.1) is 16.4 Å². The zero-order chi connectivity index (χ0) is 22.7. The van der Waals surface area contributed by atoms with Gasteiger partial charge in [-0.3, -0.25) is 10.0 Å². The second kappa shape index (κ2) is 8.95. The number of hydroxylamine groups is 1. The molecule has 3 rings (SSSR count). The molecule has 31 heavy (non-hydrogen) atoms. The molecule has 168 valence electrons. The van der Waals surface area contributed by atoms with Crippen molar-refractivity contribution in [1.82, 2.24) is 5.48 Å². The van der Waals surface area contributed by atoms with Crippen molar-refractivity contribution in [3.8, 4) is 11.5 Å². The summed E-state index contributed by atoms with van der Waals surface area (Å²) in [6.07, 6.45) is -0.119. The van der Waals surface area contributed by atoms with Crippen molar-refractivity contribution in [3.05, 3.63) is 54.1 Å². The van der Waals surface area contributed by atoms with Crippen LogP contribution in [0.2, 0.25) is 0 Å². The Balaban J connectivity index is 1.84. The van der Waals surface area contributed by atoms with Crippen LogP contribution < -0.4 is 16.0 Å². The number of hydrogen-bond acceptors (Lipinski definition) is 8. The van der Waals surface area contributed by atoms with Crippen molar-refractivity contribution < 1.29 is 31.6 Å². The highest BCUT2D eigenvalue weighted by Crippen LogP contribution is 2.37. The van der Waals surface area contributed by atoms with E-state index in [1.165, 1.54) is 29.7 Å². The van der Waals surface area contributed by atoms with Crippen molar-refractivity contribution in [1.29, 1.82) is 0 Å². The lowest BCUT2D eigenvalue weighted by Crippen LogP contribution is -2.55. The Morgan fingerprint density at radius 3 is 2.03 bits per heavy atom. The molecular formula is C20H24N2O7S2. The Morgan fingerprint density at radius 2 is 1.55 bits per heavy atom. The third-order valence-corrected chi connectivity index (χ3v) is 9.56. The zero-order valence-corrected chi connectivity index (χ0v) is 18.3. The van der Waals surface area contributed by atoms with Gasteiger partial charge in [-0.15, -0.1) is 0 Å². The van der Waals surface area contributed by atoms with Gasteiger partial charge in [-0.2, -0.15) is 0 Å². The van der Waals surface area contributed by atoms with E-state index in [1.807, 2.05) is 12.1 Å². The maximum absolute atomic E-state index is 13.3. The van der Waals surface area contributed by atoms with Crippen LogP contribution in [-0.4, -0.2) is 50.7 Å². The Morgan fingerprint density at radius 1 is 1.03 bits per heavy atom. The van der Waals surface area contributed by atoms with Gasteiger partial charge in [0.2, 0.25) is 0 Å². The van der Waals surface area contributed by atoms with Gasteiger partial charge in [0.25, 0.3) is 5.91 Å². The van der Waals surface area contributed by atoms with E-state index >= 15 is 0 Å². The Hall–Kier alpha value is -2.47. The molecule has 0 aliphatic carbocycles. The SMILES string of the molecule is NCCc1ccc(Oc2ccc(S(=O)(=O)C3(C(=O)NO)CCS(=O)(=O)CC3)cc2)cc1. The molecule has 9 nitrogen and oxygen atoms in total. The fourth-order valence-corrected chi connectivity index (χ4v) is 7.29. The number of ether oxygens (including phenoxy) is 1. The van der Waals surface area contributed by atoms with Crippen LogP contribution in [0.5, 0.6) is 11.5 Å². The van der Waals surface area contributed by atoms with Crippen LogP contribution in [0.15, 0.2) is 53.4 Å². The molecule has 0 aromatic heterocycles. The molecule has 0 saturated carbocycles. The first-order valence-electron chi connectivity index (χ1n) is 9.60. The summed E-state index contributed by atoms with van der Waals surface area (Å²) in [7, 11) is -7.73. The largest absolute Gasteiger partial charge is 0.457 e. The molecule has 1 fully saturated rings. The Kier molecular flexibility index (Phi) is 6.70. The normalized spacial score (nSPS) is 17.6. The predicted molar refractivity (Wildman–Crippen MR) is 113 cm³/mol. The van der Waals surface area contributed by atoms with Gasteiger partial charge < -0.3 is 10.5 Å². The first kappa shape index (κ1) is 23.2. The number of benzene rings is 2. The minimum absolute atomic E-state index is 0.166. The fourth-order valence-electron chi connectivity index (χ4n) is 3.53. The number of amides is 1. The van der Waals surface area contributed by atoms with Gasteiger partial charge in [0, 0.05) is 0 Å². The van der Waals surface area contributed by atoms with E-state index in [-0.39, 0.29) is 4.90 Å². The van der Waals surface area contributed by atoms with Gasteiger partial charge >= 0.3 is 0 Å². The van der Waals surface area contributed by atoms with Crippen LogP contribution >= 0.6 is 0 Å². The number of hydrogen-bond donors (Lipinski definition) is 3. The lowest BCUT2D eigenvalue weighted by molar-refractivity contribution is -0.132. The number of rotatable bonds is 7. The van der Waals surface area contributed by atoms with Crippen molar-refractivity contribution in [2.24, 2.45) is 5.73 Å². The molecule has 1 aliphatic rings. The molecule has 11 heteroatoms. The smallest absolute Gasteiger partial charge is 0.265 e. The maximum atomic E-state index is 13.3. The molecule has 0 unspecified atom stereocenters. The molecule has 1 saturated heterocycles. The van der Waals surface area contributed by atoms with E-state index in [9.17, 15) is 21.6 Å². The van der Waals surface area contributed by atoms with Gasteiger partial charge in [-0.1, -0.05) is 12.1 Å². The number of carbonyl (C=O) groups is 1. The average Bonchev–Trinajstić information content (AvgIpc) is 2.75. The van der Waals surface area contributed by atoms with Crippen molar-refractivity contribution in [2.45, 2.75) is 28.9 Å². The van der Waals surface area contributed by atoms with Gasteiger partial charge in [-0.05, 0) is 67.8 Å². The summed E-state index contributed by atoms with van der Waals surface area (Å²) in [5.41, 5.74) is 7.99. The van der Waals surface area contributed by atoms with E-state index in [0.29, 0.717) is 18.0 Å². The van der Waals surface area contributed by atoms with Crippen LogP contribution in [0.1, 0.15) is 18.4 Å². The molecule has 2 aromatic carbocycles. The van der Waals surface area contributed by atoms with Crippen LogP contribution in [0.25, 0.3) is 0 Å². The highest BCUT2D eigenvalue weighted by atomic mass is 32.2. The van der Waals surface area contributed by atoms with Crippen LogP contribution in [0.3, 0.4) is 0 Å². The second-order valence-electron chi connectivity index (χ2n) is 7.35. The number of nitrogens with one attached hydrogen (secondary N) is 1. The van der Waals surface area contributed by atoms with E-state index in [2.05, 4.69) is 0 Å². The van der Waals surface area contributed by atoms with E-state index in [0.717, 1.165) is 12.0 Å². The highest BCUT2D eigenvalue weighted by molar-refractivity contribution is 7.94. The Bertz CT molecular complexity index is 1130. The first-order valence-corrected chi connectivity index (χ1v) is 12.9. The Labute approximate surface area is 181 Å². The molecule has 4 N–H and O–H groups in total. The van der Waals surface area contributed by atoms with Crippen molar-refractivity contribution >= 4 is 25.6 Å². The van der Waals surface area contributed by atoms with Gasteiger partial charge in [0.1, 0.15) is 21.3 Å². The minimum atomic E-state index is -4.29. The number of carbonyl (C=O) groups excluding carboxylic acids is 1. The quantitative estimate of drug-likeness (QED) is 0.405. The lowest BCUT2D eigenvalue weighted by atomic mass is 10.0. The van der Waals surface area contributed by atoms with Crippen molar-refractivity contribution in [3.63, 3.8) is 0 Å². The summed E-state index contributed by atoms with van der Waals surface area (Å²) in [4.78, 5) is 12.2. The summed E-state index contributed by atoms with van der Waals surface area (Å²) in [6.45, 7) is 0.540. The second-order valence-corrected chi connectivity index (χ2v) is 11.9. The summed E-state index contributed by atoms with van der Waals surface area (Å²) in [6, 6.07) is 12.8. The predicted octanol–water partition coefficient (Wildman–Crippen LogP) is 1.21. The summed E-state index contributed by atoms with van der Waals surface area (Å²) in [5, 5.41) is 9.11.